The third kappa shape index (κ3) is 4.54. The quantitative estimate of drug-likeness (QED) is 0.368. The second-order valence-electron chi connectivity index (χ2n) is 7.71. The Bertz CT molecular complexity index is 1310. The van der Waals surface area contributed by atoms with Crippen LogP contribution in [0.3, 0.4) is 0 Å². The predicted molar refractivity (Wildman–Crippen MR) is 125 cm³/mol. The molecular formula is C22H24N8O4. The molecule has 0 unspecified atom stereocenters. The lowest BCUT2D eigenvalue weighted by molar-refractivity contribution is 0.102. The van der Waals surface area contributed by atoms with E-state index in [1.807, 2.05) is 30.3 Å². The molecule has 1 aliphatic rings. The van der Waals surface area contributed by atoms with Gasteiger partial charge in [-0.1, -0.05) is 6.07 Å². The minimum atomic E-state index is -0.368. The SMILES string of the molecule is Cn1cc(-c2cccc(NC(=O)c3cc4oc(NCCO)nc4nc3N3CCOCC3)n2)cn1. The number of anilines is 3. The number of ether oxygens (including phenoxy) is 1. The molecule has 4 aromatic rings. The minimum Gasteiger partial charge on any atom is -0.422 e. The number of aliphatic hydroxyl groups excluding tert-OH is 1. The Morgan fingerprint density at radius 2 is 2.06 bits per heavy atom. The second-order valence-corrected chi connectivity index (χ2v) is 7.71. The molecule has 12 nitrogen and oxygen atoms in total. The minimum absolute atomic E-state index is 0.0655. The van der Waals surface area contributed by atoms with Gasteiger partial charge in [-0.25, -0.2) is 9.97 Å². The van der Waals surface area contributed by atoms with Crippen LogP contribution in [-0.2, 0) is 11.8 Å². The Morgan fingerprint density at radius 1 is 1.21 bits per heavy atom. The van der Waals surface area contributed by atoms with Crippen LogP contribution in [0.5, 0.6) is 0 Å². The van der Waals surface area contributed by atoms with Gasteiger partial charge in [0, 0.05) is 44.5 Å². The van der Waals surface area contributed by atoms with Crippen molar-refractivity contribution in [2.75, 3.05) is 55.0 Å². The fraction of sp³-hybridized carbons (Fsp3) is 0.318. The number of aryl methyl sites for hydroxylation is 1. The number of rotatable bonds is 7. The maximum Gasteiger partial charge on any atom is 0.297 e. The number of nitrogens with zero attached hydrogens (tertiary/aromatic N) is 6. The van der Waals surface area contributed by atoms with Crippen LogP contribution in [0.1, 0.15) is 10.4 Å². The van der Waals surface area contributed by atoms with Gasteiger partial charge in [0.05, 0.1) is 37.3 Å². The normalized spacial score (nSPS) is 13.9. The second kappa shape index (κ2) is 9.45. The molecular weight excluding hydrogens is 440 g/mol. The molecule has 0 radical (unpaired) electrons. The molecule has 0 aromatic carbocycles. The van der Waals surface area contributed by atoms with Crippen molar-refractivity contribution in [3.05, 3.63) is 42.2 Å². The summed E-state index contributed by atoms with van der Waals surface area (Å²) in [7, 11) is 1.83. The topological polar surface area (TPSA) is 143 Å². The molecule has 4 aromatic heterocycles. The first-order valence-corrected chi connectivity index (χ1v) is 10.9. The Labute approximate surface area is 194 Å². The Kier molecular flexibility index (Phi) is 6.06. The lowest BCUT2D eigenvalue weighted by atomic mass is 10.2. The number of morpholine rings is 1. The van der Waals surface area contributed by atoms with Crippen molar-refractivity contribution in [2.45, 2.75) is 0 Å². The van der Waals surface area contributed by atoms with Gasteiger partial charge >= 0.3 is 0 Å². The number of hydrogen-bond donors (Lipinski definition) is 3. The van der Waals surface area contributed by atoms with E-state index in [1.54, 1.807) is 23.0 Å². The van der Waals surface area contributed by atoms with E-state index in [1.165, 1.54) is 0 Å². The third-order valence-corrected chi connectivity index (χ3v) is 5.30. The zero-order valence-electron chi connectivity index (χ0n) is 18.6. The van der Waals surface area contributed by atoms with E-state index in [2.05, 4.69) is 30.7 Å². The summed E-state index contributed by atoms with van der Waals surface area (Å²) in [6.07, 6.45) is 3.57. The molecule has 3 N–H and O–H groups in total. The molecule has 0 spiro atoms. The number of nitrogens with one attached hydrogen (secondary N) is 2. The highest BCUT2D eigenvalue weighted by Gasteiger charge is 2.24. The van der Waals surface area contributed by atoms with Crippen molar-refractivity contribution in [1.82, 2.24) is 24.7 Å². The Hall–Kier alpha value is -4.03. The first-order chi connectivity index (χ1) is 16.6. The van der Waals surface area contributed by atoms with E-state index in [0.717, 1.165) is 5.56 Å². The number of aromatic nitrogens is 5. The van der Waals surface area contributed by atoms with Gasteiger partial charge in [-0.2, -0.15) is 10.1 Å². The van der Waals surface area contributed by atoms with Crippen molar-refractivity contribution in [2.24, 2.45) is 7.05 Å². The number of fused-ring (bicyclic) bond motifs is 1. The van der Waals surface area contributed by atoms with Gasteiger partial charge in [-0.05, 0) is 12.1 Å². The third-order valence-electron chi connectivity index (χ3n) is 5.30. The fourth-order valence-corrected chi connectivity index (χ4v) is 3.68. The molecule has 0 saturated carbocycles. The van der Waals surface area contributed by atoms with E-state index in [9.17, 15) is 4.79 Å². The van der Waals surface area contributed by atoms with Gasteiger partial charge in [-0.3, -0.25) is 9.48 Å². The Morgan fingerprint density at radius 3 is 2.82 bits per heavy atom. The van der Waals surface area contributed by atoms with E-state index in [4.69, 9.17) is 14.3 Å². The summed E-state index contributed by atoms with van der Waals surface area (Å²) in [5, 5.41) is 19.0. The summed E-state index contributed by atoms with van der Waals surface area (Å²) in [5.74, 6) is 0.536. The maximum absolute atomic E-state index is 13.4. The number of oxazole rings is 1. The van der Waals surface area contributed by atoms with Crippen LogP contribution in [0.15, 0.2) is 41.1 Å². The van der Waals surface area contributed by atoms with Gasteiger partial charge in [0.15, 0.2) is 5.58 Å². The highest BCUT2D eigenvalue weighted by molar-refractivity contribution is 6.08. The average Bonchev–Trinajstić information content (AvgIpc) is 3.48. The first-order valence-electron chi connectivity index (χ1n) is 10.9. The summed E-state index contributed by atoms with van der Waals surface area (Å²) < 4.78 is 12.8. The van der Waals surface area contributed by atoms with E-state index in [0.29, 0.717) is 60.4 Å². The van der Waals surface area contributed by atoms with Crippen LogP contribution >= 0.6 is 0 Å². The maximum atomic E-state index is 13.4. The highest BCUT2D eigenvalue weighted by atomic mass is 16.5. The molecule has 0 aliphatic carbocycles. The van der Waals surface area contributed by atoms with Crippen molar-refractivity contribution in [3.63, 3.8) is 0 Å². The number of carbonyl (C=O) groups is 1. The molecule has 1 amide bonds. The Balaban J connectivity index is 1.47. The number of hydrogen-bond acceptors (Lipinski definition) is 10. The predicted octanol–water partition coefficient (Wildman–Crippen LogP) is 1.51. The van der Waals surface area contributed by atoms with Crippen LogP contribution in [0.4, 0.5) is 17.7 Å². The largest absolute Gasteiger partial charge is 0.422 e. The summed E-state index contributed by atoms with van der Waals surface area (Å²) in [4.78, 5) is 28.9. The van der Waals surface area contributed by atoms with Gasteiger partial charge in [0.25, 0.3) is 11.9 Å². The molecule has 5 heterocycles. The molecule has 34 heavy (non-hydrogen) atoms. The van der Waals surface area contributed by atoms with Gasteiger partial charge in [0.2, 0.25) is 5.65 Å². The molecule has 0 atom stereocenters. The lowest BCUT2D eigenvalue weighted by Gasteiger charge is -2.29. The number of pyridine rings is 2. The molecule has 1 fully saturated rings. The monoisotopic (exact) mass is 464 g/mol. The smallest absolute Gasteiger partial charge is 0.297 e. The first kappa shape index (κ1) is 21.8. The van der Waals surface area contributed by atoms with Crippen molar-refractivity contribution in [1.29, 1.82) is 0 Å². The lowest BCUT2D eigenvalue weighted by Crippen LogP contribution is -2.38. The summed E-state index contributed by atoms with van der Waals surface area (Å²) in [6.45, 7) is 2.50. The zero-order chi connectivity index (χ0) is 23.5. The zero-order valence-corrected chi connectivity index (χ0v) is 18.6. The number of amides is 1. The van der Waals surface area contributed by atoms with E-state index >= 15 is 0 Å². The molecule has 5 rings (SSSR count). The van der Waals surface area contributed by atoms with E-state index < -0.39 is 0 Å². The van der Waals surface area contributed by atoms with Crippen molar-refractivity contribution >= 4 is 34.8 Å². The highest BCUT2D eigenvalue weighted by Crippen LogP contribution is 2.27. The summed E-state index contributed by atoms with van der Waals surface area (Å²) in [6, 6.07) is 7.26. The molecule has 12 heteroatoms. The molecule has 0 bridgehead atoms. The summed E-state index contributed by atoms with van der Waals surface area (Å²) >= 11 is 0. The number of carbonyl (C=O) groups excluding carboxylic acids is 1. The van der Waals surface area contributed by atoms with Crippen LogP contribution in [0.2, 0.25) is 0 Å². The van der Waals surface area contributed by atoms with Crippen LogP contribution in [-0.4, -0.2) is 75.2 Å². The van der Waals surface area contributed by atoms with Gasteiger partial charge < -0.3 is 29.8 Å². The number of aliphatic hydroxyl groups is 1. The van der Waals surface area contributed by atoms with Gasteiger partial charge in [0.1, 0.15) is 11.6 Å². The standard InChI is InChI=1S/C22H24N8O4/c1-29-13-14(12-24-29)16-3-2-4-18(25-16)26-21(32)15-11-17-19(28-22(34-17)23-5-8-31)27-20(15)30-6-9-33-10-7-30/h2-4,11-13,31H,5-10H2,1H3,(H,23,27,28)(H,25,26,32). The molecule has 1 saturated heterocycles. The summed E-state index contributed by atoms with van der Waals surface area (Å²) in [5.41, 5.74) is 2.62. The van der Waals surface area contributed by atoms with Crippen molar-refractivity contribution < 1.29 is 19.1 Å². The molecule has 176 valence electrons. The van der Waals surface area contributed by atoms with Crippen LogP contribution in [0.25, 0.3) is 22.5 Å². The van der Waals surface area contributed by atoms with E-state index in [-0.39, 0.29) is 25.1 Å². The molecule has 1 aliphatic heterocycles. The van der Waals surface area contributed by atoms with Gasteiger partial charge in [-0.15, -0.1) is 0 Å². The van der Waals surface area contributed by atoms with Crippen LogP contribution < -0.4 is 15.5 Å². The average molecular weight is 464 g/mol. The van der Waals surface area contributed by atoms with Crippen LogP contribution in [0, 0.1) is 0 Å². The fourth-order valence-electron chi connectivity index (χ4n) is 3.68. The van der Waals surface area contributed by atoms with Crippen molar-refractivity contribution in [3.8, 4) is 11.3 Å².